The van der Waals surface area contributed by atoms with Crippen molar-refractivity contribution in [1.82, 2.24) is 0 Å². The van der Waals surface area contributed by atoms with E-state index in [1.165, 1.54) is 19.9 Å². The molecule has 0 bridgehead atoms. The van der Waals surface area contributed by atoms with Crippen LogP contribution in [0.3, 0.4) is 0 Å². The van der Waals surface area contributed by atoms with E-state index in [-0.39, 0.29) is 49.9 Å². The molecule has 0 aliphatic heterocycles. The zero-order valence-electron chi connectivity index (χ0n) is 6.75. The molecule has 0 saturated heterocycles. The van der Waals surface area contributed by atoms with E-state index in [0.717, 1.165) is 0 Å². The van der Waals surface area contributed by atoms with Gasteiger partial charge in [0, 0.05) is 22.6 Å². The molecule has 0 aromatic rings. The number of carbonyl (C=O) groups is 1. The Morgan fingerprint density at radius 3 is 1.33 bits per heavy atom. The third-order valence-electron chi connectivity index (χ3n) is 0.412. The van der Waals surface area contributed by atoms with Crippen LogP contribution in [0.1, 0.15) is 13.8 Å². The van der Waals surface area contributed by atoms with Gasteiger partial charge in [0.25, 0.3) is 0 Å². The quantitative estimate of drug-likeness (QED) is 0.306. The second kappa shape index (κ2) is 22.4. The predicted molar refractivity (Wildman–Crippen MR) is 41.5 cm³/mol. The average Bonchev–Trinajstić information content (AvgIpc) is 1.27. The van der Waals surface area contributed by atoms with Gasteiger partial charge in [0.15, 0.2) is 5.78 Å². The van der Waals surface area contributed by atoms with Crippen molar-refractivity contribution in [1.29, 1.82) is 0 Å². The van der Waals surface area contributed by atoms with Gasteiger partial charge in [0.2, 0.25) is 0 Å². The van der Waals surface area contributed by atoms with Gasteiger partial charge in [-0.25, -0.2) is 0 Å². The monoisotopic (exact) mass is 230 g/mol. The number of hydrogen-bond donors (Lipinski definition) is 1. The van der Waals surface area contributed by atoms with Crippen LogP contribution in [0.4, 0.5) is 0 Å². The third kappa shape index (κ3) is 55.5. The van der Waals surface area contributed by atoms with Crippen LogP contribution < -0.4 is 0 Å². The van der Waals surface area contributed by atoms with Gasteiger partial charge in [-0.3, -0.25) is 4.79 Å². The Kier molecular flexibility index (Phi) is 78.0. The van der Waals surface area contributed by atoms with Crippen LogP contribution in [0.5, 0.6) is 0 Å². The fraction of sp³-hybridized carbons (Fsp3) is 0.400. The Morgan fingerprint density at radius 2 is 1.33 bits per heavy atom. The summed E-state index contributed by atoms with van der Waals surface area (Å²) in [5, 5.41) is 8.36. The van der Waals surface area contributed by atoms with E-state index in [0.29, 0.717) is 0 Å². The van der Waals surface area contributed by atoms with Crippen molar-refractivity contribution in [2.24, 2.45) is 0 Å². The van der Waals surface area contributed by atoms with E-state index in [9.17, 15) is 4.79 Å². The zero-order chi connectivity index (χ0) is 5.86. The molecule has 9 N–H and O–H groups in total. The summed E-state index contributed by atoms with van der Waals surface area (Å²) < 4.78 is 0. The first-order valence-electron chi connectivity index (χ1n) is 2.01. The van der Waals surface area contributed by atoms with Crippen LogP contribution in [-0.2, 0) is 21.3 Å². The maximum absolute atomic E-state index is 10.0. The third-order valence-corrected chi connectivity index (χ3v) is 0.412. The number of ketones is 1. The van der Waals surface area contributed by atoms with Gasteiger partial charge in [-0.15, -0.1) is 0 Å². The van der Waals surface area contributed by atoms with Crippen molar-refractivity contribution in [3.63, 3.8) is 0 Å². The minimum Gasteiger partial charge on any atom is -0.512 e. The van der Waals surface area contributed by atoms with Gasteiger partial charge in [0.05, 0.1) is 5.76 Å². The fourth-order valence-corrected chi connectivity index (χ4v) is 0.294. The largest absolute Gasteiger partial charge is 0.512 e. The summed E-state index contributed by atoms with van der Waals surface area (Å²) in [6.45, 7) is 2.85. The van der Waals surface area contributed by atoms with E-state index >= 15 is 0 Å². The van der Waals surface area contributed by atoms with Crippen LogP contribution >= 0.6 is 0 Å². The molecule has 0 aliphatic carbocycles. The molecular formula is C5H16NiO6. The number of rotatable bonds is 1. The summed E-state index contributed by atoms with van der Waals surface area (Å²) in [4.78, 5) is 10.0. The molecule has 0 rings (SSSR count). The fourth-order valence-electron chi connectivity index (χ4n) is 0.294. The molecule has 82 valence electrons. The molecule has 0 aromatic heterocycles. The summed E-state index contributed by atoms with van der Waals surface area (Å²) in [5.41, 5.74) is 0. The number of allylic oxidation sites excluding steroid dienone is 2. The Morgan fingerprint density at radius 1 is 1.08 bits per heavy atom. The minimum absolute atomic E-state index is 0. The Labute approximate surface area is 80.4 Å². The number of hydrogen-bond acceptors (Lipinski definition) is 2. The van der Waals surface area contributed by atoms with Gasteiger partial charge < -0.3 is 27.0 Å². The number of aliphatic hydroxyl groups is 1. The molecule has 0 aliphatic rings. The van der Waals surface area contributed by atoms with Crippen LogP contribution in [0, 0.1) is 0 Å². The van der Waals surface area contributed by atoms with Gasteiger partial charge >= 0.3 is 0 Å². The van der Waals surface area contributed by atoms with Crippen LogP contribution in [-0.4, -0.2) is 32.8 Å². The first-order chi connectivity index (χ1) is 3.13. The Balaban J connectivity index is -0.0000000180. The number of carbonyl (C=O) groups excluding carboxylic acids is 1. The predicted octanol–water partition coefficient (Wildman–Crippen LogP) is -2.26. The zero-order valence-corrected chi connectivity index (χ0v) is 7.74. The van der Waals surface area contributed by atoms with Crippen molar-refractivity contribution in [2.45, 2.75) is 13.8 Å². The van der Waals surface area contributed by atoms with Crippen molar-refractivity contribution in [3.05, 3.63) is 11.8 Å². The molecule has 0 amide bonds. The summed E-state index contributed by atoms with van der Waals surface area (Å²) in [7, 11) is 0. The second-order valence-electron chi connectivity index (χ2n) is 1.40. The van der Waals surface area contributed by atoms with Crippen molar-refractivity contribution >= 4 is 5.78 Å². The summed E-state index contributed by atoms with van der Waals surface area (Å²) >= 11 is 0. The second-order valence-corrected chi connectivity index (χ2v) is 1.40. The molecule has 12 heavy (non-hydrogen) atoms. The molecule has 0 spiro atoms. The van der Waals surface area contributed by atoms with Crippen molar-refractivity contribution < 1.29 is 48.3 Å². The maximum atomic E-state index is 10.0. The van der Waals surface area contributed by atoms with Gasteiger partial charge in [-0.1, -0.05) is 0 Å². The molecule has 0 radical (unpaired) electrons. The summed E-state index contributed by atoms with van der Waals surface area (Å²) in [5.74, 6) is -0.0625. The van der Waals surface area contributed by atoms with Crippen LogP contribution in [0.2, 0.25) is 0 Å². The SMILES string of the molecule is CC(=O)/C=C(/C)O.O.O.O.O.[Ni]. The van der Waals surface area contributed by atoms with Gasteiger partial charge in [-0.2, -0.15) is 0 Å². The van der Waals surface area contributed by atoms with E-state index in [2.05, 4.69) is 0 Å². The smallest absolute Gasteiger partial charge is 0.155 e. The molecule has 0 unspecified atom stereocenters. The van der Waals surface area contributed by atoms with E-state index in [4.69, 9.17) is 5.11 Å². The average molecular weight is 231 g/mol. The molecule has 0 heterocycles. The van der Waals surface area contributed by atoms with Gasteiger partial charge in [-0.05, 0) is 13.8 Å². The molecule has 0 aromatic carbocycles. The normalized spacial score (nSPS) is 6.67. The van der Waals surface area contributed by atoms with E-state index in [1.54, 1.807) is 0 Å². The maximum Gasteiger partial charge on any atom is 0.155 e. The summed E-state index contributed by atoms with van der Waals surface area (Å²) in [6.07, 6.45) is 1.17. The first-order valence-corrected chi connectivity index (χ1v) is 2.01. The molecule has 0 fully saturated rings. The first kappa shape index (κ1) is 41.8. The molecule has 6 nitrogen and oxygen atoms in total. The minimum atomic E-state index is -0.125. The number of aliphatic hydroxyl groups excluding tert-OH is 1. The topological polar surface area (TPSA) is 163 Å². The molecule has 0 atom stereocenters. The molecular weight excluding hydrogens is 215 g/mol. The van der Waals surface area contributed by atoms with E-state index < -0.39 is 0 Å². The standard InChI is InChI=1S/C5H8O2.Ni.4H2O/c1-4(6)3-5(2)7;;;;;/h3,6H,1-2H3;;4*1H2/b4-3-;;;;;. The van der Waals surface area contributed by atoms with Crippen molar-refractivity contribution in [2.75, 3.05) is 0 Å². The molecule has 0 saturated carbocycles. The Bertz CT molecular complexity index is 109. The van der Waals surface area contributed by atoms with Gasteiger partial charge in [0.1, 0.15) is 0 Å². The van der Waals surface area contributed by atoms with Crippen LogP contribution in [0.15, 0.2) is 11.8 Å². The summed E-state index contributed by atoms with van der Waals surface area (Å²) in [6, 6.07) is 0. The Hall–Kier alpha value is -0.456. The van der Waals surface area contributed by atoms with Crippen LogP contribution in [0.25, 0.3) is 0 Å². The molecule has 7 heteroatoms. The van der Waals surface area contributed by atoms with E-state index in [1.807, 2.05) is 0 Å². The van der Waals surface area contributed by atoms with Crippen molar-refractivity contribution in [3.8, 4) is 0 Å².